The minimum Gasteiger partial charge on any atom is -0.380 e. The molecule has 1 rings (SSSR count). The molecule has 0 bridgehead atoms. The van der Waals surface area contributed by atoms with Gasteiger partial charge in [-0.15, -0.1) is 0 Å². The molecule has 1 saturated heterocycles. The summed E-state index contributed by atoms with van der Waals surface area (Å²) in [4.78, 5) is 0. The third kappa shape index (κ3) is 2.55. The molecular weight excluding hydrogens is 207 g/mol. The van der Waals surface area contributed by atoms with Crippen molar-refractivity contribution in [2.24, 2.45) is 5.41 Å². The summed E-state index contributed by atoms with van der Waals surface area (Å²) in [7, 11) is -0.714. The van der Waals surface area contributed by atoms with Gasteiger partial charge in [0.05, 0.1) is 19.8 Å². The lowest BCUT2D eigenvalue weighted by molar-refractivity contribution is -0.136. The second kappa shape index (κ2) is 4.73. The SMILES string of the molecule is CCC1(COP(=O)(OC)OC)COC1. The summed E-state index contributed by atoms with van der Waals surface area (Å²) in [6, 6.07) is 0. The maximum absolute atomic E-state index is 11.5. The zero-order valence-electron chi connectivity index (χ0n) is 8.82. The Kier molecular flexibility index (Phi) is 4.10. The molecule has 0 N–H and O–H groups in total. The van der Waals surface area contributed by atoms with Crippen molar-refractivity contribution in [3.05, 3.63) is 0 Å². The maximum Gasteiger partial charge on any atom is 0.474 e. The molecule has 5 nitrogen and oxygen atoms in total. The van der Waals surface area contributed by atoms with Gasteiger partial charge in [-0.3, -0.25) is 13.6 Å². The average molecular weight is 224 g/mol. The Morgan fingerprint density at radius 3 is 2.21 bits per heavy atom. The van der Waals surface area contributed by atoms with Crippen molar-refractivity contribution < 1.29 is 22.9 Å². The molecule has 1 fully saturated rings. The summed E-state index contributed by atoms with van der Waals surface area (Å²) in [5, 5.41) is 0. The quantitative estimate of drug-likeness (QED) is 0.644. The fraction of sp³-hybridized carbons (Fsp3) is 1.00. The topological polar surface area (TPSA) is 54.0 Å². The van der Waals surface area contributed by atoms with E-state index in [0.29, 0.717) is 19.8 Å². The van der Waals surface area contributed by atoms with Crippen LogP contribution in [-0.4, -0.2) is 34.0 Å². The highest BCUT2D eigenvalue weighted by Crippen LogP contribution is 2.49. The molecule has 0 aromatic rings. The second-order valence-corrected chi connectivity index (χ2v) is 5.32. The molecule has 1 aliphatic rings. The van der Waals surface area contributed by atoms with Gasteiger partial charge in [0.25, 0.3) is 0 Å². The minimum atomic E-state index is -3.33. The van der Waals surface area contributed by atoms with Gasteiger partial charge in [0, 0.05) is 19.6 Å². The highest BCUT2D eigenvalue weighted by atomic mass is 31.2. The van der Waals surface area contributed by atoms with E-state index in [4.69, 9.17) is 9.26 Å². The van der Waals surface area contributed by atoms with E-state index in [0.717, 1.165) is 6.42 Å². The molecule has 6 heteroatoms. The lowest BCUT2D eigenvalue weighted by atomic mass is 9.84. The standard InChI is InChI=1S/C8H17O5P/c1-4-8(5-12-6-8)7-13-14(9,10-2)11-3/h4-7H2,1-3H3. The number of rotatable bonds is 6. The molecule has 0 radical (unpaired) electrons. The Morgan fingerprint density at radius 1 is 1.36 bits per heavy atom. The summed E-state index contributed by atoms with van der Waals surface area (Å²) in [6.07, 6.45) is 0.931. The summed E-state index contributed by atoms with van der Waals surface area (Å²) in [5.74, 6) is 0. The van der Waals surface area contributed by atoms with Gasteiger partial charge in [-0.05, 0) is 6.42 Å². The lowest BCUT2D eigenvalue weighted by Gasteiger charge is -2.40. The van der Waals surface area contributed by atoms with Crippen LogP contribution in [0.2, 0.25) is 0 Å². The highest BCUT2D eigenvalue weighted by molar-refractivity contribution is 7.48. The third-order valence-electron chi connectivity index (χ3n) is 2.54. The van der Waals surface area contributed by atoms with Gasteiger partial charge in [0.1, 0.15) is 0 Å². The summed E-state index contributed by atoms with van der Waals surface area (Å²) in [5.41, 5.74) is -0.00722. The van der Waals surface area contributed by atoms with Gasteiger partial charge in [-0.2, -0.15) is 0 Å². The van der Waals surface area contributed by atoms with Crippen molar-refractivity contribution >= 4 is 7.82 Å². The first-order valence-electron chi connectivity index (χ1n) is 4.53. The predicted octanol–water partition coefficient (Wildman–Crippen LogP) is 1.83. The van der Waals surface area contributed by atoms with Crippen molar-refractivity contribution in [2.75, 3.05) is 34.0 Å². The van der Waals surface area contributed by atoms with Gasteiger partial charge in [0.15, 0.2) is 0 Å². The Morgan fingerprint density at radius 2 is 1.93 bits per heavy atom. The van der Waals surface area contributed by atoms with Crippen LogP contribution in [0.3, 0.4) is 0 Å². The number of phosphoric acid groups is 1. The molecular formula is C8H17O5P. The van der Waals surface area contributed by atoms with Crippen LogP contribution < -0.4 is 0 Å². The molecule has 0 amide bonds. The smallest absolute Gasteiger partial charge is 0.380 e. The van der Waals surface area contributed by atoms with Crippen LogP contribution in [0.5, 0.6) is 0 Å². The summed E-state index contributed by atoms with van der Waals surface area (Å²) < 4.78 is 31.1. The lowest BCUT2D eigenvalue weighted by Crippen LogP contribution is -2.45. The summed E-state index contributed by atoms with van der Waals surface area (Å²) >= 11 is 0. The molecule has 84 valence electrons. The van der Waals surface area contributed by atoms with Crippen molar-refractivity contribution in [1.82, 2.24) is 0 Å². The van der Waals surface area contributed by atoms with Crippen molar-refractivity contribution in [1.29, 1.82) is 0 Å². The molecule has 0 atom stereocenters. The first-order chi connectivity index (χ1) is 6.60. The number of phosphoric ester groups is 1. The zero-order chi connectivity index (χ0) is 10.7. The molecule has 1 aliphatic heterocycles. The number of hydrogen-bond acceptors (Lipinski definition) is 5. The van der Waals surface area contributed by atoms with Gasteiger partial charge in [0.2, 0.25) is 0 Å². The normalized spacial score (nSPS) is 20.5. The fourth-order valence-electron chi connectivity index (χ4n) is 1.18. The third-order valence-corrected chi connectivity index (χ3v) is 3.88. The first-order valence-corrected chi connectivity index (χ1v) is 5.99. The van der Waals surface area contributed by atoms with Gasteiger partial charge in [-0.25, -0.2) is 4.57 Å². The van der Waals surface area contributed by atoms with E-state index < -0.39 is 7.82 Å². The Bertz CT molecular complexity index is 212. The predicted molar refractivity (Wildman–Crippen MR) is 51.1 cm³/mol. The molecule has 0 saturated carbocycles. The van der Waals surface area contributed by atoms with Crippen molar-refractivity contribution in [3.63, 3.8) is 0 Å². The molecule has 0 aliphatic carbocycles. The molecule has 0 aromatic carbocycles. The van der Waals surface area contributed by atoms with Gasteiger partial charge >= 0.3 is 7.82 Å². The zero-order valence-corrected chi connectivity index (χ0v) is 9.71. The van der Waals surface area contributed by atoms with Gasteiger partial charge < -0.3 is 4.74 Å². The fourth-order valence-corrected chi connectivity index (χ4v) is 1.97. The van der Waals surface area contributed by atoms with Crippen LogP contribution >= 0.6 is 7.82 Å². The largest absolute Gasteiger partial charge is 0.474 e. The van der Waals surface area contributed by atoms with Gasteiger partial charge in [-0.1, -0.05) is 6.92 Å². The van der Waals surface area contributed by atoms with E-state index in [9.17, 15) is 4.57 Å². The van der Waals surface area contributed by atoms with Crippen LogP contribution in [0.4, 0.5) is 0 Å². The first kappa shape index (κ1) is 12.1. The molecule has 0 spiro atoms. The molecule has 0 aromatic heterocycles. The monoisotopic (exact) mass is 224 g/mol. The average Bonchev–Trinajstić information content (AvgIpc) is 2.16. The number of ether oxygens (including phenoxy) is 1. The van der Waals surface area contributed by atoms with Crippen LogP contribution in [-0.2, 0) is 22.9 Å². The maximum atomic E-state index is 11.5. The minimum absolute atomic E-state index is 0.00722. The molecule has 1 heterocycles. The Labute approximate surface area is 84.3 Å². The van der Waals surface area contributed by atoms with Crippen molar-refractivity contribution in [2.45, 2.75) is 13.3 Å². The van der Waals surface area contributed by atoms with Crippen LogP contribution in [0.15, 0.2) is 0 Å². The molecule has 14 heavy (non-hydrogen) atoms. The van der Waals surface area contributed by atoms with E-state index in [-0.39, 0.29) is 5.41 Å². The van der Waals surface area contributed by atoms with E-state index in [1.807, 2.05) is 0 Å². The van der Waals surface area contributed by atoms with Crippen molar-refractivity contribution in [3.8, 4) is 0 Å². The number of hydrogen-bond donors (Lipinski definition) is 0. The molecule has 0 unspecified atom stereocenters. The van der Waals surface area contributed by atoms with Crippen LogP contribution in [0.25, 0.3) is 0 Å². The summed E-state index contributed by atoms with van der Waals surface area (Å²) in [6.45, 7) is 3.70. The van der Waals surface area contributed by atoms with Crippen LogP contribution in [0, 0.1) is 5.41 Å². The van der Waals surface area contributed by atoms with E-state index in [2.05, 4.69) is 16.0 Å². The Hall–Kier alpha value is 0.0700. The second-order valence-electron chi connectivity index (χ2n) is 3.43. The van der Waals surface area contributed by atoms with Crippen LogP contribution in [0.1, 0.15) is 13.3 Å². The van der Waals surface area contributed by atoms with E-state index >= 15 is 0 Å². The van der Waals surface area contributed by atoms with E-state index in [1.165, 1.54) is 14.2 Å². The van der Waals surface area contributed by atoms with E-state index in [1.54, 1.807) is 0 Å². The highest BCUT2D eigenvalue weighted by Gasteiger charge is 2.39. The Balaban J connectivity index is 2.42.